The van der Waals surface area contributed by atoms with E-state index in [0.717, 1.165) is 49.4 Å². The lowest BCUT2D eigenvalue weighted by Crippen LogP contribution is -2.01. The maximum absolute atomic E-state index is 4.85. The summed E-state index contributed by atoms with van der Waals surface area (Å²) in [5, 5.41) is 5.64. The predicted molar refractivity (Wildman–Crippen MR) is 113 cm³/mol. The van der Waals surface area contributed by atoms with Gasteiger partial charge in [0.25, 0.3) is 0 Å². The Bertz CT molecular complexity index is 1360. The molecule has 6 nitrogen and oxygen atoms in total. The SMILES string of the molecule is Cc1ccnc(-n2c(C)c(C)c3c2ncn2nc(-c4ccccc4Br)nc32)c1. The van der Waals surface area contributed by atoms with Gasteiger partial charge >= 0.3 is 0 Å². The quantitative estimate of drug-likeness (QED) is 0.401. The number of aryl methyl sites for hydroxylation is 2. The van der Waals surface area contributed by atoms with Crippen LogP contribution < -0.4 is 0 Å². The van der Waals surface area contributed by atoms with Crippen LogP contribution in [-0.2, 0) is 0 Å². The molecule has 0 fully saturated rings. The first-order valence-electron chi connectivity index (χ1n) is 8.95. The van der Waals surface area contributed by atoms with Gasteiger partial charge in [0.15, 0.2) is 17.1 Å². The minimum absolute atomic E-state index is 0.667. The van der Waals surface area contributed by atoms with Gasteiger partial charge in [0, 0.05) is 21.9 Å². The second kappa shape index (κ2) is 6.24. The molecule has 0 saturated carbocycles. The number of halogens is 1. The van der Waals surface area contributed by atoms with Gasteiger partial charge in [-0.15, -0.1) is 5.10 Å². The van der Waals surface area contributed by atoms with Crippen molar-refractivity contribution < 1.29 is 0 Å². The van der Waals surface area contributed by atoms with Gasteiger partial charge < -0.3 is 0 Å². The highest BCUT2D eigenvalue weighted by molar-refractivity contribution is 9.10. The lowest BCUT2D eigenvalue weighted by molar-refractivity contribution is 0.918. The van der Waals surface area contributed by atoms with Crippen molar-refractivity contribution in [1.29, 1.82) is 0 Å². The first-order valence-corrected chi connectivity index (χ1v) is 9.75. The number of benzene rings is 1. The minimum atomic E-state index is 0.667. The summed E-state index contributed by atoms with van der Waals surface area (Å²) in [5.41, 5.74) is 5.97. The average molecular weight is 433 g/mol. The molecule has 0 aliphatic rings. The average Bonchev–Trinajstić information content (AvgIpc) is 3.21. The molecule has 0 radical (unpaired) electrons. The summed E-state index contributed by atoms with van der Waals surface area (Å²) in [6, 6.07) is 12.0. The van der Waals surface area contributed by atoms with E-state index in [9.17, 15) is 0 Å². The Morgan fingerprint density at radius 1 is 0.964 bits per heavy atom. The Labute approximate surface area is 170 Å². The molecule has 0 unspecified atom stereocenters. The third kappa shape index (κ3) is 2.46. The van der Waals surface area contributed by atoms with Crippen LogP contribution >= 0.6 is 15.9 Å². The van der Waals surface area contributed by atoms with Crippen molar-refractivity contribution in [3.63, 3.8) is 0 Å². The van der Waals surface area contributed by atoms with E-state index in [1.165, 1.54) is 0 Å². The molecule has 0 aliphatic carbocycles. The zero-order valence-corrected chi connectivity index (χ0v) is 17.3. The predicted octanol–water partition coefficient (Wildman–Crippen LogP) is 4.82. The van der Waals surface area contributed by atoms with Crippen LogP contribution in [0.2, 0.25) is 0 Å². The number of hydrogen-bond acceptors (Lipinski definition) is 4. The monoisotopic (exact) mass is 432 g/mol. The maximum Gasteiger partial charge on any atom is 0.183 e. The lowest BCUT2D eigenvalue weighted by Gasteiger charge is -2.07. The summed E-state index contributed by atoms with van der Waals surface area (Å²) in [6.07, 6.45) is 3.54. The highest BCUT2D eigenvalue weighted by atomic mass is 79.9. The molecule has 0 aliphatic heterocycles. The van der Waals surface area contributed by atoms with Crippen LogP contribution in [0, 0.1) is 20.8 Å². The Morgan fingerprint density at radius 2 is 1.79 bits per heavy atom. The number of rotatable bonds is 2. The van der Waals surface area contributed by atoms with E-state index in [2.05, 4.69) is 57.4 Å². The molecule has 7 heteroatoms. The normalized spacial score (nSPS) is 11.6. The van der Waals surface area contributed by atoms with Gasteiger partial charge in [0.2, 0.25) is 0 Å². The fourth-order valence-electron chi connectivity index (χ4n) is 3.54. The molecule has 28 heavy (non-hydrogen) atoms. The molecule has 138 valence electrons. The number of nitrogens with zero attached hydrogens (tertiary/aromatic N) is 6. The van der Waals surface area contributed by atoms with E-state index in [4.69, 9.17) is 9.97 Å². The Hall–Kier alpha value is -3.06. The topological polar surface area (TPSA) is 60.9 Å². The highest BCUT2D eigenvalue weighted by Gasteiger charge is 2.20. The summed E-state index contributed by atoms with van der Waals surface area (Å²) in [4.78, 5) is 14.1. The van der Waals surface area contributed by atoms with Crippen molar-refractivity contribution in [1.82, 2.24) is 29.1 Å². The largest absolute Gasteiger partial charge is 0.282 e. The molecule has 0 amide bonds. The van der Waals surface area contributed by atoms with Crippen molar-refractivity contribution in [3.05, 3.63) is 70.2 Å². The molecule has 0 spiro atoms. The van der Waals surface area contributed by atoms with Crippen LogP contribution in [0.25, 0.3) is 33.9 Å². The van der Waals surface area contributed by atoms with Gasteiger partial charge in [-0.2, -0.15) is 0 Å². The van der Waals surface area contributed by atoms with Gasteiger partial charge in [-0.25, -0.2) is 19.5 Å². The Balaban J connectivity index is 1.82. The summed E-state index contributed by atoms with van der Waals surface area (Å²) in [6.45, 7) is 6.24. The van der Waals surface area contributed by atoms with Gasteiger partial charge in [0.1, 0.15) is 12.1 Å². The zero-order valence-electron chi connectivity index (χ0n) is 15.7. The second-order valence-electron chi connectivity index (χ2n) is 6.86. The van der Waals surface area contributed by atoms with Crippen LogP contribution in [0.5, 0.6) is 0 Å². The van der Waals surface area contributed by atoms with Crippen LogP contribution in [0.4, 0.5) is 0 Å². The Morgan fingerprint density at radius 3 is 2.57 bits per heavy atom. The molecule has 0 bridgehead atoms. The molecule has 0 atom stereocenters. The van der Waals surface area contributed by atoms with Crippen LogP contribution in [0.1, 0.15) is 16.8 Å². The van der Waals surface area contributed by atoms with Gasteiger partial charge in [0.05, 0.1) is 5.39 Å². The van der Waals surface area contributed by atoms with E-state index in [1.54, 1.807) is 10.8 Å². The zero-order chi connectivity index (χ0) is 19.4. The number of aromatic nitrogens is 6. The van der Waals surface area contributed by atoms with E-state index in [0.29, 0.717) is 5.82 Å². The van der Waals surface area contributed by atoms with Crippen molar-refractivity contribution in [2.45, 2.75) is 20.8 Å². The fraction of sp³-hybridized carbons (Fsp3) is 0.143. The fourth-order valence-corrected chi connectivity index (χ4v) is 4.00. The second-order valence-corrected chi connectivity index (χ2v) is 7.72. The summed E-state index contributed by atoms with van der Waals surface area (Å²) in [7, 11) is 0. The molecule has 1 aromatic carbocycles. The van der Waals surface area contributed by atoms with Crippen LogP contribution in [0.3, 0.4) is 0 Å². The van der Waals surface area contributed by atoms with Crippen molar-refractivity contribution >= 4 is 32.6 Å². The third-order valence-corrected chi connectivity index (χ3v) is 5.77. The van der Waals surface area contributed by atoms with Gasteiger partial charge in [-0.1, -0.05) is 28.1 Å². The molecule has 5 rings (SSSR count). The summed E-state index contributed by atoms with van der Waals surface area (Å²) in [5.74, 6) is 1.53. The van der Waals surface area contributed by atoms with Gasteiger partial charge in [-0.05, 0) is 56.2 Å². The first kappa shape index (κ1) is 17.1. The Kier molecular flexibility index (Phi) is 3.80. The lowest BCUT2D eigenvalue weighted by atomic mass is 10.2. The molecular weight excluding hydrogens is 416 g/mol. The number of hydrogen-bond donors (Lipinski definition) is 0. The van der Waals surface area contributed by atoms with E-state index in [-0.39, 0.29) is 0 Å². The van der Waals surface area contributed by atoms with Gasteiger partial charge in [-0.3, -0.25) is 4.57 Å². The maximum atomic E-state index is 4.85. The first-order chi connectivity index (χ1) is 13.5. The van der Waals surface area contributed by atoms with E-state index < -0.39 is 0 Å². The van der Waals surface area contributed by atoms with E-state index in [1.807, 2.05) is 36.5 Å². The molecule has 5 aromatic rings. The van der Waals surface area contributed by atoms with E-state index >= 15 is 0 Å². The summed E-state index contributed by atoms with van der Waals surface area (Å²) < 4.78 is 4.80. The third-order valence-electron chi connectivity index (χ3n) is 5.08. The number of fused-ring (bicyclic) bond motifs is 3. The summed E-state index contributed by atoms with van der Waals surface area (Å²) >= 11 is 3.59. The van der Waals surface area contributed by atoms with Crippen molar-refractivity contribution in [2.24, 2.45) is 0 Å². The number of pyridine rings is 1. The molecule has 0 saturated heterocycles. The molecular formula is C21H17BrN6. The highest BCUT2D eigenvalue weighted by Crippen LogP contribution is 2.31. The van der Waals surface area contributed by atoms with Crippen molar-refractivity contribution in [2.75, 3.05) is 0 Å². The van der Waals surface area contributed by atoms with Crippen LogP contribution in [0.15, 0.2) is 53.4 Å². The van der Waals surface area contributed by atoms with Crippen molar-refractivity contribution in [3.8, 4) is 17.2 Å². The standard InChI is InChI=1S/C21H17BrN6/c1-12-8-9-23-17(10-12)28-14(3)13(2)18-20(28)24-11-27-21(18)25-19(26-27)15-6-4-5-7-16(15)22/h4-11H,1-3H3. The molecule has 0 N–H and O–H groups in total. The smallest absolute Gasteiger partial charge is 0.183 e. The molecule has 4 aromatic heterocycles. The molecule has 4 heterocycles. The minimum Gasteiger partial charge on any atom is -0.282 e. The van der Waals surface area contributed by atoms with Crippen LogP contribution in [-0.4, -0.2) is 29.1 Å².